The number of benzene rings is 1. The summed E-state index contributed by atoms with van der Waals surface area (Å²) in [5, 5.41) is 4.70. The van der Waals surface area contributed by atoms with Crippen LogP contribution in [-0.2, 0) is 6.42 Å². The van der Waals surface area contributed by atoms with Crippen molar-refractivity contribution in [3.05, 3.63) is 46.6 Å². The second-order valence-corrected chi connectivity index (χ2v) is 4.77. The first-order valence-electron chi connectivity index (χ1n) is 5.96. The molecule has 0 saturated heterocycles. The summed E-state index contributed by atoms with van der Waals surface area (Å²) in [7, 11) is 0. The molecular weight excluding hydrogens is 250 g/mol. The Labute approximate surface area is 111 Å². The molecule has 0 radical (unpaired) electrons. The molecule has 4 nitrogen and oxygen atoms in total. The van der Waals surface area contributed by atoms with Gasteiger partial charge in [-0.05, 0) is 30.7 Å². The lowest BCUT2D eigenvalue weighted by atomic mass is 10.1. The highest BCUT2D eigenvalue weighted by atomic mass is 35.5. The predicted molar refractivity (Wildman–Crippen MR) is 70.6 cm³/mol. The Bertz CT molecular complexity index is 495. The standard InChI is InChI=1S/C13H16ClN3O/c1-9(6-7-15)13-16-12(17-18-13)8-10-2-4-11(14)5-3-10/h2-5,9H,6-8,15H2,1H3. The minimum absolute atomic E-state index is 0.210. The van der Waals surface area contributed by atoms with E-state index in [4.69, 9.17) is 21.9 Å². The third-order valence-corrected chi connectivity index (χ3v) is 3.03. The Kier molecular flexibility index (Phi) is 4.33. The monoisotopic (exact) mass is 265 g/mol. The normalized spacial score (nSPS) is 12.6. The van der Waals surface area contributed by atoms with Gasteiger partial charge in [-0.15, -0.1) is 0 Å². The maximum atomic E-state index is 5.83. The zero-order valence-electron chi connectivity index (χ0n) is 10.3. The first-order chi connectivity index (χ1) is 8.69. The van der Waals surface area contributed by atoms with Gasteiger partial charge in [0.15, 0.2) is 5.82 Å². The molecule has 0 aliphatic rings. The number of rotatable bonds is 5. The Morgan fingerprint density at radius 1 is 1.33 bits per heavy atom. The lowest BCUT2D eigenvalue weighted by molar-refractivity contribution is 0.351. The van der Waals surface area contributed by atoms with Crippen LogP contribution >= 0.6 is 11.6 Å². The van der Waals surface area contributed by atoms with Crippen molar-refractivity contribution in [2.75, 3.05) is 6.54 Å². The number of halogens is 1. The highest BCUT2D eigenvalue weighted by Gasteiger charge is 2.13. The first-order valence-corrected chi connectivity index (χ1v) is 6.34. The van der Waals surface area contributed by atoms with Crippen LogP contribution in [0.25, 0.3) is 0 Å². The molecule has 1 unspecified atom stereocenters. The second-order valence-electron chi connectivity index (χ2n) is 4.33. The minimum atomic E-state index is 0.210. The van der Waals surface area contributed by atoms with Crippen molar-refractivity contribution in [3.8, 4) is 0 Å². The lowest BCUT2D eigenvalue weighted by Crippen LogP contribution is -2.04. The third-order valence-electron chi connectivity index (χ3n) is 2.78. The molecule has 2 N–H and O–H groups in total. The summed E-state index contributed by atoms with van der Waals surface area (Å²) in [6.07, 6.45) is 1.50. The molecule has 5 heteroatoms. The molecule has 0 aliphatic heterocycles. The number of hydrogen-bond donors (Lipinski definition) is 1. The molecule has 1 heterocycles. The molecule has 0 amide bonds. The van der Waals surface area contributed by atoms with Gasteiger partial charge in [-0.1, -0.05) is 35.8 Å². The fourth-order valence-corrected chi connectivity index (χ4v) is 1.82. The van der Waals surface area contributed by atoms with Crippen LogP contribution in [0, 0.1) is 0 Å². The van der Waals surface area contributed by atoms with Gasteiger partial charge < -0.3 is 10.3 Å². The third kappa shape index (κ3) is 3.31. The van der Waals surface area contributed by atoms with E-state index in [2.05, 4.69) is 10.1 Å². The molecule has 1 atom stereocenters. The van der Waals surface area contributed by atoms with E-state index in [0.29, 0.717) is 24.7 Å². The minimum Gasteiger partial charge on any atom is -0.339 e. The van der Waals surface area contributed by atoms with Crippen molar-refractivity contribution in [1.29, 1.82) is 0 Å². The molecule has 0 bridgehead atoms. The largest absolute Gasteiger partial charge is 0.339 e. The summed E-state index contributed by atoms with van der Waals surface area (Å²) in [6, 6.07) is 7.63. The molecule has 0 fully saturated rings. The summed E-state index contributed by atoms with van der Waals surface area (Å²) in [6.45, 7) is 2.66. The summed E-state index contributed by atoms with van der Waals surface area (Å²) in [4.78, 5) is 4.38. The highest BCUT2D eigenvalue weighted by Crippen LogP contribution is 2.17. The van der Waals surface area contributed by atoms with Gasteiger partial charge in [-0.2, -0.15) is 4.98 Å². The van der Waals surface area contributed by atoms with E-state index in [0.717, 1.165) is 17.0 Å². The zero-order valence-corrected chi connectivity index (χ0v) is 11.0. The molecule has 0 aliphatic carbocycles. The average Bonchev–Trinajstić information content (AvgIpc) is 2.81. The van der Waals surface area contributed by atoms with Gasteiger partial charge >= 0.3 is 0 Å². The van der Waals surface area contributed by atoms with Gasteiger partial charge in [0.2, 0.25) is 5.89 Å². The molecule has 1 aromatic carbocycles. The fourth-order valence-electron chi connectivity index (χ4n) is 1.70. The van der Waals surface area contributed by atoms with Crippen LogP contribution in [0.2, 0.25) is 5.02 Å². The molecule has 1 aromatic heterocycles. The molecule has 96 valence electrons. The number of nitrogens with zero attached hydrogens (tertiary/aromatic N) is 2. The van der Waals surface area contributed by atoms with E-state index in [1.807, 2.05) is 31.2 Å². The summed E-state index contributed by atoms with van der Waals surface area (Å²) in [5.41, 5.74) is 6.62. The smallest absolute Gasteiger partial charge is 0.229 e. The topological polar surface area (TPSA) is 64.9 Å². The molecule has 18 heavy (non-hydrogen) atoms. The fraction of sp³-hybridized carbons (Fsp3) is 0.385. The van der Waals surface area contributed by atoms with Gasteiger partial charge in [0.05, 0.1) is 0 Å². The number of hydrogen-bond acceptors (Lipinski definition) is 4. The second kappa shape index (κ2) is 5.98. The van der Waals surface area contributed by atoms with Gasteiger partial charge in [0, 0.05) is 17.4 Å². The highest BCUT2D eigenvalue weighted by molar-refractivity contribution is 6.30. The van der Waals surface area contributed by atoms with Crippen LogP contribution in [0.5, 0.6) is 0 Å². The van der Waals surface area contributed by atoms with E-state index in [-0.39, 0.29) is 5.92 Å². The summed E-state index contributed by atoms with van der Waals surface area (Å²) >= 11 is 5.83. The van der Waals surface area contributed by atoms with E-state index >= 15 is 0 Å². The Hall–Kier alpha value is -1.39. The van der Waals surface area contributed by atoms with Crippen molar-refractivity contribution in [2.24, 2.45) is 5.73 Å². The lowest BCUT2D eigenvalue weighted by Gasteiger charge is -2.01. The first kappa shape index (κ1) is 13.1. The maximum Gasteiger partial charge on any atom is 0.229 e. The molecule has 2 rings (SSSR count). The van der Waals surface area contributed by atoms with Crippen LogP contribution in [0.15, 0.2) is 28.8 Å². The van der Waals surface area contributed by atoms with E-state index < -0.39 is 0 Å². The van der Waals surface area contributed by atoms with E-state index in [1.165, 1.54) is 0 Å². The van der Waals surface area contributed by atoms with Crippen LogP contribution in [0.1, 0.15) is 36.5 Å². The van der Waals surface area contributed by atoms with Crippen molar-refractivity contribution in [1.82, 2.24) is 10.1 Å². The Balaban J connectivity index is 2.04. The van der Waals surface area contributed by atoms with Gasteiger partial charge in [-0.3, -0.25) is 0 Å². The Morgan fingerprint density at radius 3 is 2.72 bits per heavy atom. The van der Waals surface area contributed by atoms with Gasteiger partial charge in [0.25, 0.3) is 0 Å². The average molecular weight is 266 g/mol. The van der Waals surface area contributed by atoms with Gasteiger partial charge in [-0.25, -0.2) is 0 Å². The molecule has 2 aromatic rings. The van der Waals surface area contributed by atoms with E-state index in [1.54, 1.807) is 0 Å². The van der Waals surface area contributed by atoms with Crippen molar-refractivity contribution in [3.63, 3.8) is 0 Å². The van der Waals surface area contributed by atoms with Crippen LogP contribution < -0.4 is 5.73 Å². The van der Waals surface area contributed by atoms with Crippen LogP contribution in [0.4, 0.5) is 0 Å². The predicted octanol–water partition coefficient (Wildman–Crippen LogP) is 2.77. The van der Waals surface area contributed by atoms with Crippen molar-refractivity contribution < 1.29 is 4.52 Å². The van der Waals surface area contributed by atoms with Crippen LogP contribution in [-0.4, -0.2) is 16.7 Å². The summed E-state index contributed by atoms with van der Waals surface area (Å²) in [5.74, 6) is 1.56. The molecule has 0 spiro atoms. The quantitative estimate of drug-likeness (QED) is 0.903. The van der Waals surface area contributed by atoms with Crippen molar-refractivity contribution in [2.45, 2.75) is 25.7 Å². The summed E-state index contributed by atoms with van der Waals surface area (Å²) < 4.78 is 5.23. The molecule has 0 saturated carbocycles. The maximum absolute atomic E-state index is 5.83. The SMILES string of the molecule is CC(CCN)c1nc(Cc2ccc(Cl)cc2)no1. The zero-order chi connectivity index (χ0) is 13.0. The van der Waals surface area contributed by atoms with E-state index in [9.17, 15) is 0 Å². The number of aromatic nitrogens is 2. The number of nitrogens with two attached hydrogens (primary N) is 1. The van der Waals surface area contributed by atoms with Crippen LogP contribution in [0.3, 0.4) is 0 Å². The Morgan fingerprint density at radius 2 is 2.06 bits per heavy atom. The molecular formula is C13H16ClN3O. The van der Waals surface area contributed by atoms with Gasteiger partial charge in [0.1, 0.15) is 0 Å². The van der Waals surface area contributed by atoms with Crippen molar-refractivity contribution >= 4 is 11.6 Å².